The van der Waals surface area contributed by atoms with Gasteiger partial charge in [0.25, 0.3) is 0 Å². The summed E-state index contributed by atoms with van der Waals surface area (Å²) >= 11 is 0. The minimum Gasteiger partial charge on any atom is -0.480 e. The van der Waals surface area contributed by atoms with Gasteiger partial charge < -0.3 is 14.6 Å². The Hall–Kier alpha value is -0.650. The summed E-state index contributed by atoms with van der Waals surface area (Å²) in [7, 11) is 1.65. The number of ether oxygens (including phenoxy) is 2. The average molecular weight is 257 g/mol. The van der Waals surface area contributed by atoms with Gasteiger partial charge in [-0.2, -0.15) is 0 Å². The zero-order valence-electron chi connectivity index (χ0n) is 11.1. The average Bonchev–Trinajstić information content (AvgIpc) is 2.33. The van der Waals surface area contributed by atoms with Crippen LogP contribution in [0.4, 0.5) is 0 Å². The van der Waals surface area contributed by atoms with Crippen molar-refractivity contribution in [3.05, 3.63) is 0 Å². The third kappa shape index (κ3) is 3.02. The molecule has 2 heterocycles. The number of rotatable bonds is 6. The topological polar surface area (TPSA) is 59.0 Å². The SMILES string of the molecule is COCCCC(C(=O)O)N1CC2(CCOCC2)C1. The second-order valence-electron chi connectivity index (χ2n) is 5.51. The van der Waals surface area contributed by atoms with Gasteiger partial charge in [0.15, 0.2) is 0 Å². The molecule has 18 heavy (non-hydrogen) atoms. The normalized spacial score (nSPS) is 24.7. The third-order valence-electron chi connectivity index (χ3n) is 4.18. The lowest BCUT2D eigenvalue weighted by Crippen LogP contribution is -2.63. The Morgan fingerprint density at radius 2 is 2.11 bits per heavy atom. The highest BCUT2D eigenvalue weighted by molar-refractivity contribution is 5.73. The molecule has 2 saturated heterocycles. The summed E-state index contributed by atoms with van der Waals surface area (Å²) in [6.07, 6.45) is 3.64. The van der Waals surface area contributed by atoms with Crippen LogP contribution in [0.2, 0.25) is 0 Å². The van der Waals surface area contributed by atoms with E-state index in [0.29, 0.717) is 18.4 Å². The maximum Gasteiger partial charge on any atom is 0.320 e. The zero-order valence-corrected chi connectivity index (χ0v) is 11.1. The number of methoxy groups -OCH3 is 1. The molecule has 0 radical (unpaired) electrons. The molecule has 1 atom stereocenters. The van der Waals surface area contributed by atoms with E-state index in [1.165, 1.54) is 0 Å². The van der Waals surface area contributed by atoms with Crippen LogP contribution in [0.3, 0.4) is 0 Å². The summed E-state index contributed by atoms with van der Waals surface area (Å²) in [4.78, 5) is 13.4. The van der Waals surface area contributed by atoms with E-state index < -0.39 is 5.97 Å². The monoisotopic (exact) mass is 257 g/mol. The van der Waals surface area contributed by atoms with Crippen molar-refractivity contribution in [1.82, 2.24) is 4.90 Å². The smallest absolute Gasteiger partial charge is 0.320 e. The Bertz CT molecular complexity index is 281. The Morgan fingerprint density at radius 3 is 2.67 bits per heavy atom. The van der Waals surface area contributed by atoms with Gasteiger partial charge in [-0.05, 0) is 25.7 Å². The van der Waals surface area contributed by atoms with Crippen LogP contribution in [-0.2, 0) is 14.3 Å². The molecule has 0 aromatic rings. The van der Waals surface area contributed by atoms with Gasteiger partial charge in [-0.25, -0.2) is 0 Å². The van der Waals surface area contributed by atoms with E-state index in [9.17, 15) is 9.90 Å². The van der Waals surface area contributed by atoms with Crippen LogP contribution >= 0.6 is 0 Å². The molecular weight excluding hydrogens is 234 g/mol. The first-order chi connectivity index (χ1) is 8.67. The number of carboxylic acid groups (broad SMARTS) is 1. The summed E-state index contributed by atoms with van der Waals surface area (Å²) in [5, 5.41) is 9.29. The molecule has 5 nitrogen and oxygen atoms in total. The summed E-state index contributed by atoms with van der Waals surface area (Å²) in [6, 6.07) is -0.339. The molecule has 2 rings (SSSR count). The van der Waals surface area contributed by atoms with Crippen molar-refractivity contribution in [3.63, 3.8) is 0 Å². The quantitative estimate of drug-likeness (QED) is 0.719. The van der Waals surface area contributed by atoms with Gasteiger partial charge in [0, 0.05) is 45.4 Å². The molecular formula is C13H23NO4. The summed E-state index contributed by atoms with van der Waals surface area (Å²) < 4.78 is 10.4. The molecule has 5 heteroatoms. The molecule has 0 saturated carbocycles. The van der Waals surface area contributed by atoms with E-state index in [-0.39, 0.29) is 6.04 Å². The third-order valence-corrected chi connectivity index (χ3v) is 4.18. The highest BCUT2D eigenvalue weighted by Gasteiger charge is 2.47. The van der Waals surface area contributed by atoms with Crippen LogP contribution in [0.15, 0.2) is 0 Å². The number of carboxylic acids is 1. The van der Waals surface area contributed by atoms with Crippen molar-refractivity contribution in [2.45, 2.75) is 31.7 Å². The first-order valence-electron chi connectivity index (χ1n) is 6.70. The fourth-order valence-electron chi connectivity index (χ4n) is 3.04. The molecule has 1 N–H and O–H groups in total. The predicted octanol–water partition coefficient (Wildman–Crippen LogP) is 0.979. The van der Waals surface area contributed by atoms with Crippen molar-refractivity contribution >= 4 is 5.97 Å². The van der Waals surface area contributed by atoms with Gasteiger partial charge >= 0.3 is 5.97 Å². The van der Waals surface area contributed by atoms with E-state index in [4.69, 9.17) is 9.47 Å². The molecule has 2 aliphatic rings. The molecule has 2 aliphatic heterocycles. The zero-order chi connectivity index (χ0) is 13.0. The van der Waals surface area contributed by atoms with Crippen molar-refractivity contribution in [2.24, 2.45) is 5.41 Å². The summed E-state index contributed by atoms with van der Waals surface area (Å²) in [6.45, 7) is 4.13. The van der Waals surface area contributed by atoms with E-state index in [2.05, 4.69) is 4.90 Å². The van der Waals surface area contributed by atoms with Crippen molar-refractivity contribution in [3.8, 4) is 0 Å². The van der Waals surface area contributed by atoms with Crippen LogP contribution in [0.5, 0.6) is 0 Å². The van der Waals surface area contributed by atoms with Crippen molar-refractivity contribution in [2.75, 3.05) is 40.0 Å². The van der Waals surface area contributed by atoms with E-state index >= 15 is 0 Å². The highest BCUT2D eigenvalue weighted by Crippen LogP contribution is 2.41. The Labute approximate surface area is 108 Å². The number of nitrogens with zero attached hydrogens (tertiary/aromatic N) is 1. The maximum atomic E-state index is 11.3. The van der Waals surface area contributed by atoms with Crippen LogP contribution in [0, 0.1) is 5.41 Å². The molecule has 1 unspecified atom stereocenters. The lowest BCUT2D eigenvalue weighted by molar-refractivity contribution is -0.154. The highest BCUT2D eigenvalue weighted by atomic mass is 16.5. The number of aliphatic carboxylic acids is 1. The number of carbonyl (C=O) groups is 1. The fourth-order valence-corrected chi connectivity index (χ4v) is 3.04. The second kappa shape index (κ2) is 5.99. The Kier molecular flexibility index (Phi) is 4.59. The fraction of sp³-hybridized carbons (Fsp3) is 0.923. The van der Waals surface area contributed by atoms with Gasteiger partial charge in [0.05, 0.1) is 0 Å². The van der Waals surface area contributed by atoms with Crippen LogP contribution in [0.25, 0.3) is 0 Å². The van der Waals surface area contributed by atoms with Crippen molar-refractivity contribution < 1.29 is 19.4 Å². The molecule has 0 bridgehead atoms. The van der Waals surface area contributed by atoms with Gasteiger partial charge in [0.1, 0.15) is 6.04 Å². The van der Waals surface area contributed by atoms with E-state index in [1.54, 1.807) is 7.11 Å². The van der Waals surface area contributed by atoms with Gasteiger partial charge in [-0.15, -0.1) is 0 Å². The lowest BCUT2D eigenvalue weighted by Gasteiger charge is -2.54. The predicted molar refractivity (Wildman–Crippen MR) is 66.6 cm³/mol. The molecule has 0 aromatic carbocycles. The van der Waals surface area contributed by atoms with Crippen LogP contribution < -0.4 is 0 Å². The molecule has 0 aliphatic carbocycles. The minimum absolute atomic E-state index is 0.339. The lowest BCUT2D eigenvalue weighted by atomic mass is 9.72. The Balaban J connectivity index is 1.80. The molecule has 2 fully saturated rings. The maximum absolute atomic E-state index is 11.3. The first-order valence-corrected chi connectivity index (χ1v) is 6.70. The minimum atomic E-state index is -0.701. The van der Waals surface area contributed by atoms with Crippen LogP contribution in [-0.4, -0.2) is 62.0 Å². The molecule has 104 valence electrons. The second-order valence-corrected chi connectivity index (χ2v) is 5.51. The molecule has 0 amide bonds. The number of likely N-dealkylation sites (tertiary alicyclic amines) is 1. The Morgan fingerprint density at radius 1 is 1.44 bits per heavy atom. The first kappa shape index (κ1) is 13.8. The van der Waals surface area contributed by atoms with E-state index in [0.717, 1.165) is 45.6 Å². The van der Waals surface area contributed by atoms with Crippen LogP contribution in [0.1, 0.15) is 25.7 Å². The van der Waals surface area contributed by atoms with E-state index in [1.807, 2.05) is 0 Å². The summed E-state index contributed by atoms with van der Waals surface area (Å²) in [5.74, 6) is -0.701. The van der Waals surface area contributed by atoms with Gasteiger partial charge in [0.2, 0.25) is 0 Å². The number of hydrogen-bond donors (Lipinski definition) is 1. The van der Waals surface area contributed by atoms with Crippen molar-refractivity contribution in [1.29, 1.82) is 0 Å². The standard InChI is InChI=1S/C13H23NO4/c1-17-6-2-3-11(12(15)16)14-9-13(10-14)4-7-18-8-5-13/h11H,2-10H2,1H3,(H,15,16). The summed E-state index contributed by atoms with van der Waals surface area (Å²) in [5.41, 5.74) is 0.340. The van der Waals surface area contributed by atoms with Gasteiger partial charge in [-0.1, -0.05) is 0 Å². The number of hydrogen-bond acceptors (Lipinski definition) is 4. The van der Waals surface area contributed by atoms with Gasteiger partial charge in [-0.3, -0.25) is 9.69 Å². The molecule has 0 aromatic heterocycles. The molecule has 1 spiro atoms. The largest absolute Gasteiger partial charge is 0.480 e.